The molecule has 0 bridgehead atoms. The Morgan fingerprint density at radius 2 is 2.00 bits per heavy atom. The lowest BCUT2D eigenvalue weighted by atomic mass is 10.0. The van der Waals surface area contributed by atoms with Gasteiger partial charge in [0.2, 0.25) is 0 Å². The SMILES string of the molecule is Cc1c(F)cccc1[C@H](C)NC(=O)OC(C)(C)C. The van der Waals surface area contributed by atoms with Crippen LogP contribution in [0.1, 0.15) is 44.9 Å². The smallest absolute Gasteiger partial charge is 0.408 e. The van der Waals surface area contributed by atoms with Gasteiger partial charge in [0.25, 0.3) is 0 Å². The lowest BCUT2D eigenvalue weighted by molar-refractivity contribution is 0.0507. The fraction of sp³-hybridized carbons (Fsp3) is 0.500. The maximum atomic E-state index is 13.4. The van der Waals surface area contributed by atoms with Crippen molar-refractivity contribution in [2.45, 2.75) is 46.3 Å². The molecule has 0 spiro atoms. The van der Waals surface area contributed by atoms with Crippen LogP contribution >= 0.6 is 0 Å². The molecule has 100 valence electrons. The minimum Gasteiger partial charge on any atom is -0.444 e. The minimum atomic E-state index is -0.541. The van der Waals surface area contributed by atoms with Crippen LogP contribution in [0.2, 0.25) is 0 Å². The lowest BCUT2D eigenvalue weighted by Gasteiger charge is -2.22. The zero-order valence-corrected chi connectivity index (χ0v) is 11.5. The number of rotatable bonds is 2. The number of hydrogen-bond acceptors (Lipinski definition) is 2. The van der Waals surface area contributed by atoms with Crippen LogP contribution in [0.25, 0.3) is 0 Å². The summed E-state index contributed by atoms with van der Waals surface area (Å²) in [5.41, 5.74) is 0.753. The molecule has 3 nitrogen and oxygen atoms in total. The third-order valence-corrected chi connectivity index (χ3v) is 2.51. The largest absolute Gasteiger partial charge is 0.444 e. The highest BCUT2D eigenvalue weighted by Gasteiger charge is 2.19. The van der Waals surface area contributed by atoms with Gasteiger partial charge in [-0.05, 0) is 51.8 Å². The highest BCUT2D eigenvalue weighted by molar-refractivity contribution is 5.68. The first kappa shape index (κ1) is 14.5. The number of hydrogen-bond donors (Lipinski definition) is 1. The molecule has 0 aliphatic carbocycles. The van der Waals surface area contributed by atoms with Gasteiger partial charge in [0.05, 0.1) is 6.04 Å². The third-order valence-electron chi connectivity index (χ3n) is 2.51. The highest BCUT2D eigenvalue weighted by atomic mass is 19.1. The predicted molar refractivity (Wildman–Crippen MR) is 68.9 cm³/mol. The number of carbonyl (C=O) groups excluding carboxylic acids is 1. The summed E-state index contributed by atoms with van der Waals surface area (Å²) < 4.78 is 18.6. The maximum absolute atomic E-state index is 13.4. The van der Waals surface area contributed by atoms with E-state index in [0.29, 0.717) is 5.56 Å². The third kappa shape index (κ3) is 4.02. The van der Waals surface area contributed by atoms with E-state index in [2.05, 4.69) is 5.32 Å². The van der Waals surface area contributed by atoms with Crippen molar-refractivity contribution < 1.29 is 13.9 Å². The van der Waals surface area contributed by atoms with Crippen molar-refractivity contribution in [3.63, 3.8) is 0 Å². The van der Waals surface area contributed by atoms with E-state index < -0.39 is 11.7 Å². The molecule has 0 saturated carbocycles. The van der Waals surface area contributed by atoms with Gasteiger partial charge in [-0.25, -0.2) is 9.18 Å². The van der Waals surface area contributed by atoms with Crippen LogP contribution in [-0.2, 0) is 4.74 Å². The summed E-state index contributed by atoms with van der Waals surface area (Å²) in [6.07, 6.45) is -0.501. The first-order valence-electron chi connectivity index (χ1n) is 5.95. The zero-order valence-electron chi connectivity index (χ0n) is 11.5. The Bertz CT molecular complexity index is 438. The quantitative estimate of drug-likeness (QED) is 0.872. The number of alkyl carbamates (subject to hydrolysis) is 1. The Labute approximate surface area is 107 Å². The number of halogens is 1. The lowest BCUT2D eigenvalue weighted by Crippen LogP contribution is -2.34. The molecule has 1 rings (SSSR count). The summed E-state index contributed by atoms with van der Waals surface area (Å²) >= 11 is 0. The van der Waals surface area contributed by atoms with E-state index >= 15 is 0 Å². The second-order valence-corrected chi connectivity index (χ2v) is 5.32. The molecule has 0 unspecified atom stereocenters. The van der Waals surface area contributed by atoms with Gasteiger partial charge in [-0.15, -0.1) is 0 Å². The second kappa shape index (κ2) is 5.38. The average molecular weight is 253 g/mol. The van der Waals surface area contributed by atoms with Crippen molar-refractivity contribution in [1.29, 1.82) is 0 Å². The molecule has 1 N–H and O–H groups in total. The molecule has 0 aromatic heterocycles. The number of carbonyl (C=O) groups is 1. The first-order chi connectivity index (χ1) is 8.20. The van der Waals surface area contributed by atoms with Gasteiger partial charge in [-0.1, -0.05) is 12.1 Å². The van der Waals surface area contributed by atoms with Crippen LogP contribution in [0.4, 0.5) is 9.18 Å². The molecule has 4 heteroatoms. The van der Waals surface area contributed by atoms with E-state index in [1.165, 1.54) is 6.07 Å². The Morgan fingerprint density at radius 3 is 2.56 bits per heavy atom. The average Bonchev–Trinajstić information content (AvgIpc) is 2.18. The van der Waals surface area contributed by atoms with Crippen molar-refractivity contribution in [2.24, 2.45) is 0 Å². The van der Waals surface area contributed by atoms with Crippen molar-refractivity contribution in [3.05, 3.63) is 35.1 Å². The van der Waals surface area contributed by atoms with Crippen LogP contribution < -0.4 is 5.32 Å². The predicted octanol–water partition coefficient (Wildman–Crippen LogP) is 3.72. The van der Waals surface area contributed by atoms with Crippen molar-refractivity contribution in [3.8, 4) is 0 Å². The van der Waals surface area contributed by atoms with Gasteiger partial charge < -0.3 is 10.1 Å². The molecule has 0 radical (unpaired) electrons. The molecule has 0 aliphatic rings. The maximum Gasteiger partial charge on any atom is 0.408 e. The Balaban J connectivity index is 2.74. The minimum absolute atomic E-state index is 0.273. The first-order valence-corrected chi connectivity index (χ1v) is 5.95. The van der Waals surface area contributed by atoms with E-state index in [1.807, 2.05) is 0 Å². The fourth-order valence-electron chi connectivity index (χ4n) is 1.66. The molecule has 1 atom stereocenters. The summed E-state index contributed by atoms with van der Waals surface area (Å²) in [7, 11) is 0. The number of amides is 1. The van der Waals surface area contributed by atoms with Gasteiger partial charge in [0.15, 0.2) is 0 Å². The number of ether oxygens (including phenoxy) is 1. The van der Waals surface area contributed by atoms with E-state index in [-0.39, 0.29) is 11.9 Å². The van der Waals surface area contributed by atoms with Crippen LogP contribution in [0.3, 0.4) is 0 Å². The van der Waals surface area contributed by atoms with Crippen molar-refractivity contribution in [2.75, 3.05) is 0 Å². The summed E-state index contributed by atoms with van der Waals surface area (Å²) in [4.78, 5) is 11.6. The zero-order chi connectivity index (χ0) is 13.9. The highest BCUT2D eigenvalue weighted by Crippen LogP contribution is 2.20. The van der Waals surface area contributed by atoms with E-state index in [4.69, 9.17) is 4.74 Å². The molecule has 0 heterocycles. The van der Waals surface area contributed by atoms with Crippen LogP contribution in [-0.4, -0.2) is 11.7 Å². The molecule has 0 fully saturated rings. The van der Waals surface area contributed by atoms with Gasteiger partial charge in [0, 0.05) is 0 Å². The molecule has 0 aliphatic heterocycles. The summed E-state index contributed by atoms with van der Waals surface area (Å²) in [6.45, 7) is 8.88. The van der Waals surface area contributed by atoms with Gasteiger partial charge in [-0.2, -0.15) is 0 Å². The molecular formula is C14H20FNO2. The van der Waals surface area contributed by atoms with Crippen molar-refractivity contribution >= 4 is 6.09 Å². The Kier molecular flexibility index (Phi) is 4.33. The standard InChI is InChI=1S/C14H20FNO2/c1-9-11(7-6-8-12(9)15)10(2)16-13(17)18-14(3,4)5/h6-8,10H,1-5H3,(H,16,17)/t10-/m0/s1. The Morgan fingerprint density at radius 1 is 1.39 bits per heavy atom. The normalized spacial score (nSPS) is 13.0. The van der Waals surface area contributed by atoms with E-state index in [0.717, 1.165) is 5.56 Å². The molecule has 1 amide bonds. The summed E-state index contributed by atoms with van der Waals surface area (Å²) in [6, 6.07) is 4.53. The Hall–Kier alpha value is -1.58. The van der Waals surface area contributed by atoms with Crippen LogP contribution in [0.5, 0.6) is 0 Å². The topological polar surface area (TPSA) is 38.3 Å². The van der Waals surface area contributed by atoms with Gasteiger partial charge in [-0.3, -0.25) is 0 Å². The summed E-state index contributed by atoms with van der Waals surface area (Å²) in [5.74, 6) is -0.273. The van der Waals surface area contributed by atoms with Gasteiger partial charge in [0.1, 0.15) is 11.4 Å². The molecule has 1 aromatic rings. The number of nitrogens with one attached hydrogen (secondary N) is 1. The van der Waals surface area contributed by atoms with Crippen molar-refractivity contribution in [1.82, 2.24) is 5.32 Å². The van der Waals surface area contributed by atoms with Crippen LogP contribution in [0, 0.1) is 12.7 Å². The molecule has 1 aromatic carbocycles. The molecule has 0 saturated heterocycles. The molecule has 18 heavy (non-hydrogen) atoms. The van der Waals surface area contributed by atoms with Crippen LogP contribution in [0.15, 0.2) is 18.2 Å². The molecular weight excluding hydrogens is 233 g/mol. The van der Waals surface area contributed by atoms with E-state index in [1.54, 1.807) is 46.8 Å². The van der Waals surface area contributed by atoms with Gasteiger partial charge >= 0.3 is 6.09 Å². The summed E-state index contributed by atoms with van der Waals surface area (Å²) in [5, 5.41) is 2.69. The van der Waals surface area contributed by atoms with E-state index in [9.17, 15) is 9.18 Å². The number of benzene rings is 1. The fourth-order valence-corrected chi connectivity index (χ4v) is 1.66. The monoisotopic (exact) mass is 253 g/mol. The second-order valence-electron chi connectivity index (χ2n) is 5.32.